The number of rotatable bonds is 9. The average molecular weight is 579 g/mol. The Hall–Kier alpha value is -4.82. The number of ether oxygens (including phenoxy) is 2. The summed E-state index contributed by atoms with van der Waals surface area (Å²) in [5, 5.41) is 9.69. The molecule has 5 rings (SSSR count). The van der Waals surface area contributed by atoms with Gasteiger partial charge in [-0.2, -0.15) is 0 Å². The second-order valence-electron chi connectivity index (χ2n) is 9.75. The van der Waals surface area contributed by atoms with Crippen LogP contribution < -0.4 is 14.4 Å². The average Bonchev–Trinajstić information content (AvgIpc) is 3.28. The second-order valence-corrected chi connectivity index (χ2v) is 10.8. The van der Waals surface area contributed by atoms with Gasteiger partial charge in [0.2, 0.25) is 0 Å². The molecule has 1 saturated heterocycles. The van der Waals surface area contributed by atoms with Gasteiger partial charge in [0, 0.05) is 0 Å². The summed E-state index contributed by atoms with van der Waals surface area (Å²) in [7, 11) is 0. The lowest BCUT2D eigenvalue weighted by molar-refractivity contribution is -0.113. The highest BCUT2D eigenvalue weighted by Gasteiger charge is 2.34. The molecule has 0 saturated carbocycles. The first-order chi connectivity index (χ1) is 20.3. The number of carbonyl (C=O) groups is 2. The summed E-state index contributed by atoms with van der Waals surface area (Å²) < 4.78 is 11.9. The van der Waals surface area contributed by atoms with Gasteiger partial charge in [0.25, 0.3) is 5.91 Å². The summed E-state index contributed by atoms with van der Waals surface area (Å²) in [4.78, 5) is 31.8. The Morgan fingerprint density at radius 3 is 2.19 bits per heavy atom. The predicted molar refractivity (Wildman–Crippen MR) is 168 cm³/mol. The Kier molecular flexibility index (Phi) is 8.74. The van der Waals surface area contributed by atoms with E-state index in [1.807, 2.05) is 93.6 Å². The fraction of sp³-hybridized carbons (Fsp3) is 0.147. The third-order valence-electron chi connectivity index (χ3n) is 6.52. The molecular weight excluding hydrogens is 548 g/mol. The number of nitrogens with zero attached hydrogens (tertiary/aromatic N) is 2. The number of amidine groups is 1. The molecule has 1 N–H and O–H groups in total. The fourth-order valence-electron chi connectivity index (χ4n) is 4.26. The van der Waals surface area contributed by atoms with E-state index in [0.717, 1.165) is 33.6 Å². The van der Waals surface area contributed by atoms with Crippen LogP contribution >= 0.6 is 11.8 Å². The zero-order valence-corrected chi connectivity index (χ0v) is 24.4. The van der Waals surface area contributed by atoms with E-state index in [2.05, 4.69) is 0 Å². The van der Waals surface area contributed by atoms with Crippen LogP contribution in [0.15, 0.2) is 101 Å². The number of benzene rings is 4. The summed E-state index contributed by atoms with van der Waals surface area (Å²) in [6.45, 7) is 6.61. The Morgan fingerprint density at radius 2 is 1.55 bits per heavy atom. The van der Waals surface area contributed by atoms with E-state index in [9.17, 15) is 9.59 Å². The minimum Gasteiger partial charge on any atom is -0.490 e. The number of hydrogen-bond acceptors (Lipinski definition) is 6. The molecule has 4 aromatic rings. The maximum Gasteiger partial charge on any atom is 0.335 e. The molecule has 4 aromatic carbocycles. The van der Waals surface area contributed by atoms with Crippen molar-refractivity contribution in [2.75, 3.05) is 11.5 Å². The lowest BCUT2D eigenvalue weighted by atomic mass is 10.1. The summed E-state index contributed by atoms with van der Waals surface area (Å²) in [5.74, 6) is -0.0268. The Balaban J connectivity index is 1.42. The molecule has 0 unspecified atom stereocenters. The SMILES string of the molecule is CCOc1cc(/C=C2\SC(=Nc3ccc(C)cc3)N(c3ccc(C)cc3)C2=O)ccc1OCc1ccc(C(=O)O)cc1. The summed E-state index contributed by atoms with van der Waals surface area (Å²) in [6.07, 6.45) is 1.84. The van der Waals surface area contributed by atoms with Gasteiger partial charge in [-0.1, -0.05) is 53.6 Å². The number of aromatic carboxylic acids is 1. The maximum absolute atomic E-state index is 13.7. The first-order valence-corrected chi connectivity index (χ1v) is 14.3. The molecule has 0 atom stereocenters. The molecule has 7 nitrogen and oxygen atoms in total. The number of anilines is 1. The van der Waals surface area contributed by atoms with Crippen LogP contribution in [0.5, 0.6) is 11.5 Å². The van der Waals surface area contributed by atoms with E-state index in [0.29, 0.717) is 28.2 Å². The molecule has 8 heteroatoms. The first kappa shape index (κ1) is 28.7. The van der Waals surface area contributed by atoms with Gasteiger partial charge in [-0.05, 0) is 98.3 Å². The zero-order chi connectivity index (χ0) is 29.6. The third kappa shape index (κ3) is 6.72. The third-order valence-corrected chi connectivity index (χ3v) is 7.49. The number of aryl methyl sites for hydroxylation is 2. The van der Waals surface area contributed by atoms with Crippen LogP contribution in [0.1, 0.15) is 39.5 Å². The maximum atomic E-state index is 13.7. The van der Waals surface area contributed by atoms with Crippen molar-refractivity contribution in [3.05, 3.63) is 124 Å². The molecule has 1 aliphatic rings. The van der Waals surface area contributed by atoms with E-state index >= 15 is 0 Å². The van der Waals surface area contributed by atoms with Crippen LogP contribution in [0, 0.1) is 13.8 Å². The lowest BCUT2D eigenvalue weighted by Crippen LogP contribution is -2.28. The van der Waals surface area contributed by atoms with Gasteiger partial charge in [-0.25, -0.2) is 9.79 Å². The Bertz CT molecular complexity index is 1660. The van der Waals surface area contributed by atoms with Crippen LogP contribution in [-0.4, -0.2) is 28.8 Å². The van der Waals surface area contributed by atoms with E-state index in [1.165, 1.54) is 11.8 Å². The van der Waals surface area contributed by atoms with Crippen LogP contribution in [0.4, 0.5) is 11.4 Å². The van der Waals surface area contributed by atoms with Crippen LogP contribution in [0.25, 0.3) is 6.08 Å². The Labute approximate surface area is 249 Å². The highest BCUT2D eigenvalue weighted by Crippen LogP contribution is 2.38. The zero-order valence-electron chi connectivity index (χ0n) is 23.5. The van der Waals surface area contributed by atoms with Crippen molar-refractivity contribution in [3.8, 4) is 11.5 Å². The van der Waals surface area contributed by atoms with Gasteiger partial charge in [-0.3, -0.25) is 9.69 Å². The standard InChI is InChI=1S/C34H30N2O5S/c1-4-40-30-19-25(11-18-29(30)41-21-24-9-12-26(13-10-24)33(38)39)20-31-32(37)36(28-16-7-23(3)8-17-28)34(42-31)35-27-14-5-22(2)6-15-27/h5-20H,4,21H2,1-3H3,(H,38,39)/b31-20-,35-34?. The second kappa shape index (κ2) is 12.8. The number of carboxylic acids is 1. The summed E-state index contributed by atoms with van der Waals surface area (Å²) >= 11 is 1.33. The monoisotopic (exact) mass is 578 g/mol. The lowest BCUT2D eigenvalue weighted by Gasteiger charge is -2.16. The summed E-state index contributed by atoms with van der Waals surface area (Å²) in [6, 6.07) is 27.8. The molecule has 0 aromatic heterocycles. The molecule has 0 spiro atoms. The van der Waals surface area contributed by atoms with E-state index in [-0.39, 0.29) is 18.1 Å². The molecule has 0 bridgehead atoms. The fourth-order valence-corrected chi connectivity index (χ4v) is 5.26. The molecule has 1 aliphatic heterocycles. The van der Waals surface area contributed by atoms with Crippen LogP contribution in [0.3, 0.4) is 0 Å². The van der Waals surface area contributed by atoms with Gasteiger partial charge in [0.15, 0.2) is 16.7 Å². The predicted octanol–water partition coefficient (Wildman–Crippen LogP) is 7.79. The minimum atomic E-state index is -0.972. The number of amides is 1. The van der Waals surface area contributed by atoms with Crippen molar-refractivity contribution in [3.63, 3.8) is 0 Å². The van der Waals surface area contributed by atoms with Crippen LogP contribution in [-0.2, 0) is 11.4 Å². The molecule has 1 heterocycles. The van der Waals surface area contributed by atoms with Crippen molar-refractivity contribution >= 4 is 46.3 Å². The smallest absolute Gasteiger partial charge is 0.335 e. The largest absolute Gasteiger partial charge is 0.490 e. The number of carboxylic acid groups (broad SMARTS) is 1. The minimum absolute atomic E-state index is 0.155. The first-order valence-electron chi connectivity index (χ1n) is 13.5. The highest BCUT2D eigenvalue weighted by molar-refractivity contribution is 8.19. The van der Waals surface area contributed by atoms with Gasteiger partial charge in [-0.15, -0.1) is 0 Å². The van der Waals surface area contributed by atoms with Crippen molar-refractivity contribution in [1.29, 1.82) is 0 Å². The molecule has 0 radical (unpaired) electrons. The molecular formula is C34H30N2O5S. The van der Waals surface area contributed by atoms with Gasteiger partial charge >= 0.3 is 5.97 Å². The number of carbonyl (C=O) groups excluding carboxylic acids is 1. The molecule has 1 fully saturated rings. The molecule has 42 heavy (non-hydrogen) atoms. The summed E-state index contributed by atoms with van der Waals surface area (Å²) in [5.41, 5.74) is 5.60. The van der Waals surface area contributed by atoms with Gasteiger partial charge in [0.1, 0.15) is 6.61 Å². The molecule has 212 valence electrons. The number of aliphatic imine (C=N–C) groups is 1. The topological polar surface area (TPSA) is 88.4 Å². The van der Waals surface area contributed by atoms with Crippen molar-refractivity contribution < 1.29 is 24.2 Å². The van der Waals surface area contributed by atoms with E-state index in [1.54, 1.807) is 29.2 Å². The van der Waals surface area contributed by atoms with Gasteiger partial charge < -0.3 is 14.6 Å². The van der Waals surface area contributed by atoms with Crippen molar-refractivity contribution in [2.24, 2.45) is 4.99 Å². The van der Waals surface area contributed by atoms with Gasteiger partial charge in [0.05, 0.1) is 28.5 Å². The normalized spacial score (nSPS) is 14.9. The van der Waals surface area contributed by atoms with Crippen molar-refractivity contribution in [1.82, 2.24) is 0 Å². The van der Waals surface area contributed by atoms with E-state index in [4.69, 9.17) is 19.6 Å². The number of thioether (sulfide) groups is 1. The molecule has 1 amide bonds. The van der Waals surface area contributed by atoms with Crippen LogP contribution in [0.2, 0.25) is 0 Å². The van der Waals surface area contributed by atoms with E-state index < -0.39 is 5.97 Å². The quantitative estimate of drug-likeness (QED) is 0.204. The van der Waals surface area contributed by atoms with Crippen molar-refractivity contribution in [2.45, 2.75) is 27.4 Å². The number of hydrogen-bond donors (Lipinski definition) is 1. The molecule has 0 aliphatic carbocycles. The highest BCUT2D eigenvalue weighted by atomic mass is 32.2. The Morgan fingerprint density at radius 1 is 0.881 bits per heavy atom.